The van der Waals surface area contributed by atoms with Crippen molar-refractivity contribution in [3.05, 3.63) is 41.7 Å². The number of benzene rings is 1. The first kappa shape index (κ1) is 17.3. The first-order valence-corrected chi connectivity index (χ1v) is 8.65. The Morgan fingerprint density at radius 3 is 2.60 bits per heavy atom. The number of ether oxygens (including phenoxy) is 2. The highest BCUT2D eigenvalue weighted by Gasteiger charge is 2.33. The zero-order valence-electron chi connectivity index (χ0n) is 15.2. The standard InChI is InChI=1S/C19H25N3O3/c1-12(11-22-14(3)9-13(2)21-22)10-20-19(23)18-15(4)24-16-7-5-6-8-17(16)25-18/h5-9,12,15,18H,10-11H2,1-4H3,(H,20,23)/t12-,15+,18+/m1/s1. The second kappa shape index (κ2) is 7.17. The topological polar surface area (TPSA) is 65.4 Å². The molecule has 0 fully saturated rings. The second-order valence-electron chi connectivity index (χ2n) is 6.77. The van der Waals surface area contributed by atoms with Crippen molar-refractivity contribution in [2.24, 2.45) is 5.92 Å². The lowest BCUT2D eigenvalue weighted by Gasteiger charge is -2.31. The maximum absolute atomic E-state index is 12.5. The van der Waals surface area contributed by atoms with Crippen molar-refractivity contribution in [3.63, 3.8) is 0 Å². The summed E-state index contributed by atoms with van der Waals surface area (Å²) < 4.78 is 13.6. The molecule has 1 aromatic heterocycles. The lowest BCUT2D eigenvalue weighted by molar-refractivity contribution is -0.133. The minimum Gasteiger partial charge on any atom is -0.482 e. The van der Waals surface area contributed by atoms with Crippen LogP contribution < -0.4 is 14.8 Å². The van der Waals surface area contributed by atoms with E-state index in [1.165, 1.54) is 0 Å². The molecule has 0 unspecified atom stereocenters. The number of nitrogens with zero attached hydrogens (tertiary/aromatic N) is 2. The number of hydrogen-bond acceptors (Lipinski definition) is 4. The summed E-state index contributed by atoms with van der Waals surface area (Å²) in [6.07, 6.45) is -0.975. The van der Waals surface area contributed by atoms with E-state index in [1.807, 2.05) is 49.7 Å². The van der Waals surface area contributed by atoms with Gasteiger partial charge in [-0.2, -0.15) is 5.10 Å². The Hall–Kier alpha value is -2.50. The molecule has 0 radical (unpaired) electrons. The number of rotatable bonds is 5. The van der Waals surface area contributed by atoms with Crippen molar-refractivity contribution in [3.8, 4) is 11.5 Å². The van der Waals surface area contributed by atoms with Crippen LogP contribution in [0.3, 0.4) is 0 Å². The van der Waals surface area contributed by atoms with E-state index >= 15 is 0 Å². The first-order valence-electron chi connectivity index (χ1n) is 8.65. The largest absolute Gasteiger partial charge is 0.482 e. The molecule has 1 aromatic carbocycles. The predicted octanol–water partition coefficient (Wildman–Crippen LogP) is 2.48. The summed E-state index contributed by atoms with van der Waals surface area (Å²) in [4.78, 5) is 12.5. The van der Waals surface area contributed by atoms with Crippen molar-refractivity contribution in [1.82, 2.24) is 15.1 Å². The molecule has 0 spiro atoms. The van der Waals surface area contributed by atoms with Crippen LogP contribution in [0.15, 0.2) is 30.3 Å². The number of nitrogens with one attached hydrogen (secondary N) is 1. The van der Waals surface area contributed by atoms with Gasteiger partial charge in [0, 0.05) is 18.8 Å². The minimum atomic E-state index is -0.643. The van der Waals surface area contributed by atoms with Crippen molar-refractivity contribution in [2.75, 3.05) is 6.54 Å². The number of amides is 1. The summed E-state index contributed by atoms with van der Waals surface area (Å²) in [6.45, 7) is 9.28. The Bertz CT molecular complexity index is 756. The van der Waals surface area contributed by atoms with E-state index in [9.17, 15) is 4.79 Å². The molecule has 2 aromatic rings. The number of aromatic nitrogens is 2. The van der Waals surface area contributed by atoms with E-state index < -0.39 is 6.10 Å². The van der Waals surface area contributed by atoms with Crippen molar-refractivity contribution in [2.45, 2.75) is 46.4 Å². The van der Waals surface area contributed by atoms with Crippen LogP contribution in [0, 0.1) is 19.8 Å². The lowest BCUT2D eigenvalue weighted by Crippen LogP contribution is -2.49. The molecule has 3 rings (SSSR count). The van der Waals surface area contributed by atoms with E-state index in [-0.39, 0.29) is 17.9 Å². The number of para-hydroxylation sites is 2. The summed E-state index contributed by atoms with van der Waals surface area (Å²) in [6, 6.07) is 9.46. The van der Waals surface area contributed by atoms with Gasteiger partial charge in [-0.3, -0.25) is 9.48 Å². The average molecular weight is 343 g/mol. The van der Waals surface area contributed by atoms with Crippen LogP contribution in [0.4, 0.5) is 0 Å². The molecule has 1 aliphatic rings. The minimum absolute atomic E-state index is 0.151. The summed E-state index contributed by atoms with van der Waals surface area (Å²) in [5, 5.41) is 7.44. The van der Waals surface area contributed by atoms with E-state index in [1.54, 1.807) is 0 Å². The van der Waals surface area contributed by atoms with Crippen LogP contribution in [0.1, 0.15) is 25.2 Å². The van der Waals surface area contributed by atoms with Gasteiger partial charge >= 0.3 is 0 Å². The van der Waals surface area contributed by atoms with Crippen molar-refractivity contribution < 1.29 is 14.3 Å². The summed E-state index contributed by atoms with van der Waals surface area (Å²) in [5.41, 5.74) is 2.14. The smallest absolute Gasteiger partial charge is 0.265 e. The molecule has 0 saturated carbocycles. The normalized spacial score (nSPS) is 20.2. The van der Waals surface area contributed by atoms with Gasteiger partial charge in [-0.1, -0.05) is 19.1 Å². The third-order valence-electron chi connectivity index (χ3n) is 4.31. The Labute approximate surface area is 148 Å². The van der Waals surface area contributed by atoms with Gasteiger partial charge in [-0.15, -0.1) is 0 Å². The SMILES string of the molecule is Cc1cc(C)n(C[C@H](C)CNC(=O)[C@H]2Oc3ccccc3O[C@H]2C)n1. The molecule has 25 heavy (non-hydrogen) atoms. The van der Waals surface area contributed by atoms with Gasteiger partial charge in [-0.25, -0.2) is 0 Å². The molecular formula is C19H25N3O3. The fourth-order valence-electron chi connectivity index (χ4n) is 3.00. The molecule has 1 amide bonds. The van der Waals surface area contributed by atoms with Gasteiger partial charge < -0.3 is 14.8 Å². The Balaban J connectivity index is 1.55. The van der Waals surface area contributed by atoms with Gasteiger partial charge in [0.15, 0.2) is 11.5 Å². The highest BCUT2D eigenvalue weighted by molar-refractivity contribution is 5.82. The van der Waals surface area contributed by atoms with Crippen molar-refractivity contribution in [1.29, 1.82) is 0 Å². The Morgan fingerprint density at radius 2 is 1.96 bits per heavy atom. The van der Waals surface area contributed by atoms with E-state index in [4.69, 9.17) is 9.47 Å². The van der Waals surface area contributed by atoms with E-state index in [2.05, 4.69) is 23.4 Å². The quantitative estimate of drug-likeness (QED) is 0.906. The molecule has 0 saturated heterocycles. The molecule has 0 bridgehead atoms. The molecule has 0 aliphatic carbocycles. The van der Waals surface area contributed by atoms with Crippen LogP contribution in [0.2, 0.25) is 0 Å². The van der Waals surface area contributed by atoms with Gasteiger partial charge in [0.05, 0.1) is 5.69 Å². The van der Waals surface area contributed by atoms with Crippen LogP contribution in [-0.4, -0.2) is 34.4 Å². The number of carbonyl (C=O) groups is 1. The number of carbonyl (C=O) groups excluding carboxylic acids is 1. The molecule has 3 atom stereocenters. The van der Waals surface area contributed by atoms with E-state index in [0.717, 1.165) is 17.9 Å². The molecule has 2 heterocycles. The highest BCUT2D eigenvalue weighted by atomic mass is 16.6. The Morgan fingerprint density at radius 1 is 1.28 bits per heavy atom. The average Bonchev–Trinajstić information content (AvgIpc) is 2.89. The molecular weight excluding hydrogens is 318 g/mol. The fraction of sp³-hybridized carbons (Fsp3) is 0.474. The summed E-state index contributed by atoms with van der Waals surface area (Å²) >= 11 is 0. The maximum Gasteiger partial charge on any atom is 0.265 e. The molecule has 6 nitrogen and oxygen atoms in total. The van der Waals surface area contributed by atoms with Gasteiger partial charge in [-0.05, 0) is 44.9 Å². The lowest BCUT2D eigenvalue weighted by atomic mass is 10.1. The summed E-state index contributed by atoms with van der Waals surface area (Å²) in [5.74, 6) is 1.39. The van der Waals surface area contributed by atoms with E-state index in [0.29, 0.717) is 18.0 Å². The maximum atomic E-state index is 12.5. The third kappa shape index (κ3) is 3.95. The van der Waals surface area contributed by atoms with Crippen LogP contribution in [-0.2, 0) is 11.3 Å². The molecule has 6 heteroatoms. The number of fused-ring (bicyclic) bond motifs is 1. The van der Waals surface area contributed by atoms with Gasteiger partial charge in [0.25, 0.3) is 5.91 Å². The number of hydrogen-bond donors (Lipinski definition) is 1. The van der Waals surface area contributed by atoms with Crippen LogP contribution >= 0.6 is 0 Å². The predicted molar refractivity (Wildman–Crippen MR) is 94.8 cm³/mol. The van der Waals surface area contributed by atoms with Crippen molar-refractivity contribution >= 4 is 5.91 Å². The van der Waals surface area contributed by atoms with Crippen LogP contribution in [0.25, 0.3) is 0 Å². The molecule has 1 N–H and O–H groups in total. The molecule has 134 valence electrons. The number of aryl methyl sites for hydroxylation is 2. The van der Waals surface area contributed by atoms with Gasteiger partial charge in [0.1, 0.15) is 6.10 Å². The third-order valence-corrected chi connectivity index (χ3v) is 4.31. The first-order chi connectivity index (χ1) is 11.9. The highest BCUT2D eigenvalue weighted by Crippen LogP contribution is 2.33. The zero-order chi connectivity index (χ0) is 18.0. The van der Waals surface area contributed by atoms with Crippen LogP contribution in [0.5, 0.6) is 11.5 Å². The van der Waals surface area contributed by atoms with Gasteiger partial charge in [0.2, 0.25) is 6.10 Å². The second-order valence-corrected chi connectivity index (χ2v) is 6.77. The fourth-order valence-corrected chi connectivity index (χ4v) is 3.00. The molecule has 1 aliphatic heterocycles. The zero-order valence-corrected chi connectivity index (χ0v) is 15.2. The Kier molecular flexibility index (Phi) is 4.97. The monoisotopic (exact) mass is 343 g/mol. The summed E-state index contributed by atoms with van der Waals surface area (Å²) in [7, 11) is 0.